The Morgan fingerprint density at radius 1 is 1.37 bits per heavy atom. The van der Waals surface area contributed by atoms with E-state index in [2.05, 4.69) is 29.0 Å². The van der Waals surface area contributed by atoms with E-state index < -0.39 is 0 Å². The van der Waals surface area contributed by atoms with Gasteiger partial charge in [0.25, 0.3) is 0 Å². The lowest BCUT2D eigenvalue weighted by Crippen LogP contribution is -2.35. The fourth-order valence-corrected chi connectivity index (χ4v) is 2.70. The minimum absolute atomic E-state index is 0.250. The first-order valence-electron chi connectivity index (χ1n) is 7.34. The van der Waals surface area contributed by atoms with Crippen molar-refractivity contribution < 1.29 is 4.39 Å². The molecule has 0 atom stereocenters. The van der Waals surface area contributed by atoms with Crippen LogP contribution >= 0.6 is 0 Å². The molecule has 0 amide bonds. The van der Waals surface area contributed by atoms with E-state index in [-0.39, 0.29) is 5.82 Å². The van der Waals surface area contributed by atoms with E-state index in [4.69, 9.17) is 0 Å². The van der Waals surface area contributed by atoms with E-state index in [1.54, 1.807) is 6.07 Å². The highest BCUT2D eigenvalue weighted by atomic mass is 19.1. The Labute approximate surface area is 115 Å². The fourth-order valence-electron chi connectivity index (χ4n) is 2.70. The number of nitrogens with one attached hydrogen (secondary N) is 1. The predicted molar refractivity (Wildman–Crippen MR) is 76.8 cm³/mol. The molecule has 1 aromatic rings. The SMILES string of the molecule is CCNCc1cc(F)cnc1N1CCC(CC)CC1. The topological polar surface area (TPSA) is 28.2 Å². The van der Waals surface area contributed by atoms with Crippen LogP contribution in [-0.2, 0) is 6.54 Å². The van der Waals surface area contributed by atoms with Gasteiger partial charge in [0.05, 0.1) is 6.20 Å². The average Bonchev–Trinajstić information content (AvgIpc) is 2.45. The van der Waals surface area contributed by atoms with Gasteiger partial charge in [-0.1, -0.05) is 20.3 Å². The van der Waals surface area contributed by atoms with Crippen LogP contribution in [0, 0.1) is 11.7 Å². The standard InChI is InChI=1S/C15H24FN3/c1-3-12-5-7-19(8-6-12)15-13(10-17-4-2)9-14(16)11-18-15/h9,11-12,17H,3-8,10H2,1-2H3. The number of rotatable bonds is 5. The van der Waals surface area contributed by atoms with E-state index in [0.717, 1.165) is 36.9 Å². The molecule has 4 heteroatoms. The van der Waals surface area contributed by atoms with Crippen LogP contribution in [-0.4, -0.2) is 24.6 Å². The molecule has 0 unspecified atom stereocenters. The van der Waals surface area contributed by atoms with Crippen LogP contribution in [0.5, 0.6) is 0 Å². The van der Waals surface area contributed by atoms with Gasteiger partial charge in [-0.3, -0.25) is 0 Å². The van der Waals surface area contributed by atoms with E-state index in [1.165, 1.54) is 25.5 Å². The third-order valence-electron chi connectivity index (χ3n) is 3.97. The molecule has 1 aliphatic heterocycles. The Morgan fingerprint density at radius 3 is 2.74 bits per heavy atom. The zero-order valence-electron chi connectivity index (χ0n) is 12.0. The first-order chi connectivity index (χ1) is 9.24. The third-order valence-corrected chi connectivity index (χ3v) is 3.97. The van der Waals surface area contributed by atoms with Crippen molar-refractivity contribution in [1.82, 2.24) is 10.3 Å². The molecule has 1 saturated heterocycles. The summed E-state index contributed by atoms with van der Waals surface area (Å²) in [5.41, 5.74) is 0.969. The molecule has 3 nitrogen and oxygen atoms in total. The predicted octanol–water partition coefficient (Wildman–Crippen LogP) is 2.96. The van der Waals surface area contributed by atoms with Gasteiger partial charge in [-0.25, -0.2) is 9.37 Å². The van der Waals surface area contributed by atoms with E-state index in [9.17, 15) is 4.39 Å². The number of anilines is 1. The monoisotopic (exact) mass is 265 g/mol. The molecule has 2 rings (SSSR count). The summed E-state index contributed by atoms with van der Waals surface area (Å²) in [6.07, 6.45) is 5.03. The summed E-state index contributed by atoms with van der Waals surface area (Å²) >= 11 is 0. The van der Waals surface area contributed by atoms with Crippen molar-refractivity contribution in [3.05, 3.63) is 23.6 Å². The lowest BCUT2D eigenvalue weighted by Gasteiger charge is -2.33. The minimum Gasteiger partial charge on any atom is -0.356 e. The summed E-state index contributed by atoms with van der Waals surface area (Å²) in [6, 6.07) is 1.61. The molecule has 2 heterocycles. The lowest BCUT2D eigenvalue weighted by atomic mass is 9.94. The Bertz CT molecular complexity index is 400. The average molecular weight is 265 g/mol. The van der Waals surface area contributed by atoms with Gasteiger partial charge in [-0.2, -0.15) is 0 Å². The van der Waals surface area contributed by atoms with Crippen LogP contribution in [0.1, 0.15) is 38.7 Å². The molecular weight excluding hydrogens is 241 g/mol. The second kappa shape index (κ2) is 6.85. The van der Waals surface area contributed by atoms with Gasteiger partial charge in [0.2, 0.25) is 0 Å². The van der Waals surface area contributed by atoms with E-state index in [1.807, 2.05) is 0 Å². The summed E-state index contributed by atoms with van der Waals surface area (Å²) < 4.78 is 13.3. The van der Waals surface area contributed by atoms with Crippen molar-refractivity contribution in [2.75, 3.05) is 24.5 Å². The summed E-state index contributed by atoms with van der Waals surface area (Å²) in [5.74, 6) is 1.55. The van der Waals surface area contributed by atoms with Gasteiger partial charge in [-0.05, 0) is 31.4 Å². The van der Waals surface area contributed by atoms with Crippen molar-refractivity contribution in [3.63, 3.8) is 0 Å². The summed E-state index contributed by atoms with van der Waals surface area (Å²) in [7, 11) is 0. The first kappa shape index (κ1) is 14.3. The molecule has 0 aromatic carbocycles. The van der Waals surface area contributed by atoms with Crippen LogP contribution in [0.4, 0.5) is 10.2 Å². The van der Waals surface area contributed by atoms with E-state index in [0.29, 0.717) is 6.54 Å². The second-order valence-electron chi connectivity index (χ2n) is 5.26. The van der Waals surface area contributed by atoms with Crippen LogP contribution < -0.4 is 10.2 Å². The highest BCUT2D eigenvalue weighted by molar-refractivity contribution is 5.47. The lowest BCUT2D eigenvalue weighted by molar-refractivity contribution is 0.393. The normalized spacial score (nSPS) is 16.9. The number of nitrogens with zero attached hydrogens (tertiary/aromatic N) is 2. The molecule has 0 aliphatic carbocycles. The molecule has 1 aromatic heterocycles. The number of piperidine rings is 1. The molecule has 1 fully saturated rings. The van der Waals surface area contributed by atoms with Gasteiger partial charge in [0.1, 0.15) is 11.6 Å². The molecule has 0 bridgehead atoms. The maximum Gasteiger partial charge on any atom is 0.141 e. The smallest absolute Gasteiger partial charge is 0.141 e. The molecule has 0 radical (unpaired) electrons. The van der Waals surface area contributed by atoms with Crippen molar-refractivity contribution in [2.24, 2.45) is 5.92 Å². The maximum atomic E-state index is 13.3. The molecular formula is C15H24FN3. The zero-order chi connectivity index (χ0) is 13.7. The largest absolute Gasteiger partial charge is 0.356 e. The molecule has 0 saturated carbocycles. The first-order valence-corrected chi connectivity index (χ1v) is 7.34. The zero-order valence-corrected chi connectivity index (χ0v) is 12.0. The third kappa shape index (κ3) is 3.66. The Balaban J connectivity index is 2.10. The molecule has 106 valence electrons. The second-order valence-corrected chi connectivity index (χ2v) is 5.26. The van der Waals surface area contributed by atoms with Crippen LogP contribution in [0.2, 0.25) is 0 Å². The van der Waals surface area contributed by atoms with Crippen LogP contribution in [0.3, 0.4) is 0 Å². The van der Waals surface area contributed by atoms with Gasteiger partial charge >= 0.3 is 0 Å². The molecule has 0 spiro atoms. The number of halogens is 1. The number of hydrogen-bond donors (Lipinski definition) is 1. The van der Waals surface area contributed by atoms with E-state index >= 15 is 0 Å². The van der Waals surface area contributed by atoms with Crippen LogP contribution in [0.25, 0.3) is 0 Å². The van der Waals surface area contributed by atoms with Gasteiger partial charge < -0.3 is 10.2 Å². The number of pyridine rings is 1. The Morgan fingerprint density at radius 2 is 2.11 bits per heavy atom. The Kier molecular flexibility index (Phi) is 5.14. The summed E-state index contributed by atoms with van der Waals surface area (Å²) in [5, 5.41) is 3.26. The summed E-state index contributed by atoms with van der Waals surface area (Å²) in [4.78, 5) is 6.62. The Hall–Kier alpha value is -1.16. The minimum atomic E-state index is -0.250. The molecule has 19 heavy (non-hydrogen) atoms. The van der Waals surface area contributed by atoms with Crippen molar-refractivity contribution in [2.45, 2.75) is 39.7 Å². The van der Waals surface area contributed by atoms with Gasteiger partial charge in [0.15, 0.2) is 0 Å². The fraction of sp³-hybridized carbons (Fsp3) is 0.667. The highest BCUT2D eigenvalue weighted by Gasteiger charge is 2.21. The molecule has 1 aliphatic rings. The molecule has 1 N–H and O–H groups in total. The highest BCUT2D eigenvalue weighted by Crippen LogP contribution is 2.26. The number of aromatic nitrogens is 1. The van der Waals surface area contributed by atoms with Crippen molar-refractivity contribution in [1.29, 1.82) is 0 Å². The van der Waals surface area contributed by atoms with Gasteiger partial charge in [0, 0.05) is 25.2 Å². The van der Waals surface area contributed by atoms with Gasteiger partial charge in [-0.15, -0.1) is 0 Å². The quantitative estimate of drug-likeness (QED) is 0.887. The number of hydrogen-bond acceptors (Lipinski definition) is 3. The van der Waals surface area contributed by atoms with Crippen molar-refractivity contribution >= 4 is 5.82 Å². The maximum absolute atomic E-state index is 13.3. The van der Waals surface area contributed by atoms with Crippen LogP contribution in [0.15, 0.2) is 12.3 Å². The summed E-state index contributed by atoms with van der Waals surface area (Å²) in [6.45, 7) is 7.96. The van der Waals surface area contributed by atoms with Crippen molar-refractivity contribution in [3.8, 4) is 0 Å².